The molecule has 0 saturated heterocycles. The summed E-state index contributed by atoms with van der Waals surface area (Å²) in [5, 5.41) is 2.54. The van der Waals surface area contributed by atoms with Crippen molar-refractivity contribution in [3.05, 3.63) is 59.7 Å². The number of anilines is 1. The molecule has 0 bridgehead atoms. The quantitative estimate of drug-likeness (QED) is 0.692. The summed E-state index contributed by atoms with van der Waals surface area (Å²) in [7, 11) is -3.76. The van der Waals surface area contributed by atoms with E-state index in [1.165, 1.54) is 31.2 Å². The van der Waals surface area contributed by atoms with Gasteiger partial charge in [-0.3, -0.25) is 4.79 Å². The Balaban J connectivity index is 1.90. The highest BCUT2D eigenvalue weighted by molar-refractivity contribution is 7.89. The molecule has 6 nitrogen and oxygen atoms in total. The van der Waals surface area contributed by atoms with Crippen LogP contribution in [0.25, 0.3) is 0 Å². The molecule has 0 spiro atoms. The molecule has 0 saturated carbocycles. The predicted molar refractivity (Wildman–Crippen MR) is 96.9 cm³/mol. The van der Waals surface area contributed by atoms with E-state index in [4.69, 9.17) is 0 Å². The minimum atomic E-state index is -4.38. The second kappa shape index (κ2) is 9.18. The summed E-state index contributed by atoms with van der Waals surface area (Å²) in [6.45, 7) is -0.152. The number of nitrogens with one attached hydrogen (secondary N) is 2. The minimum Gasteiger partial charge on any atom is -0.367 e. The van der Waals surface area contributed by atoms with Gasteiger partial charge >= 0.3 is 6.18 Å². The summed E-state index contributed by atoms with van der Waals surface area (Å²) < 4.78 is 67.8. The predicted octanol–water partition coefficient (Wildman–Crippen LogP) is 3.20. The van der Waals surface area contributed by atoms with Crippen LogP contribution in [0.5, 0.6) is 0 Å². The van der Waals surface area contributed by atoms with Crippen LogP contribution in [-0.2, 0) is 32.7 Å². The van der Waals surface area contributed by atoms with E-state index < -0.39 is 22.8 Å². The lowest BCUT2D eigenvalue weighted by atomic mass is 10.1. The fourth-order valence-corrected chi connectivity index (χ4v) is 3.24. The zero-order chi connectivity index (χ0) is 20.8. The number of hydrogen-bond acceptors (Lipinski definition) is 4. The maximum absolute atomic E-state index is 12.3. The average Bonchev–Trinajstić information content (AvgIpc) is 2.60. The van der Waals surface area contributed by atoms with Crippen molar-refractivity contribution in [2.45, 2.75) is 31.1 Å². The Morgan fingerprint density at radius 1 is 1.00 bits per heavy atom. The molecule has 0 unspecified atom stereocenters. The van der Waals surface area contributed by atoms with Crippen LogP contribution in [0.2, 0.25) is 0 Å². The van der Waals surface area contributed by atoms with E-state index in [1.54, 1.807) is 24.3 Å². The normalized spacial score (nSPS) is 12.0. The fourth-order valence-electron chi connectivity index (χ4n) is 2.22. The van der Waals surface area contributed by atoms with E-state index in [-0.39, 0.29) is 24.0 Å². The molecule has 1 amide bonds. The molecule has 0 fully saturated rings. The number of ether oxygens (including phenoxy) is 1. The summed E-state index contributed by atoms with van der Waals surface area (Å²) >= 11 is 0. The highest BCUT2D eigenvalue weighted by atomic mass is 32.2. The Kier molecular flexibility index (Phi) is 7.17. The van der Waals surface area contributed by atoms with Crippen molar-refractivity contribution in [3.8, 4) is 0 Å². The summed E-state index contributed by atoms with van der Waals surface area (Å²) in [5.74, 6) is -0.263. The van der Waals surface area contributed by atoms with Crippen LogP contribution >= 0.6 is 0 Å². The Morgan fingerprint density at radius 2 is 1.57 bits per heavy atom. The molecule has 0 heterocycles. The second-order valence-electron chi connectivity index (χ2n) is 5.95. The molecule has 0 aromatic heterocycles. The van der Waals surface area contributed by atoms with Crippen LogP contribution in [0.4, 0.5) is 18.9 Å². The number of carbonyl (C=O) groups is 1. The first-order chi connectivity index (χ1) is 13.0. The highest BCUT2D eigenvalue weighted by Crippen LogP contribution is 2.17. The van der Waals surface area contributed by atoms with Gasteiger partial charge in [0.25, 0.3) is 0 Å². The van der Waals surface area contributed by atoms with Gasteiger partial charge in [0.15, 0.2) is 0 Å². The number of carbonyl (C=O) groups excluding carboxylic acids is 1. The lowest BCUT2D eigenvalue weighted by molar-refractivity contribution is -0.176. The summed E-state index contributed by atoms with van der Waals surface area (Å²) in [6.07, 6.45) is -4.38. The molecule has 2 aromatic rings. The van der Waals surface area contributed by atoms with Crippen molar-refractivity contribution in [1.82, 2.24) is 4.72 Å². The van der Waals surface area contributed by atoms with E-state index in [2.05, 4.69) is 14.8 Å². The van der Waals surface area contributed by atoms with Crippen LogP contribution in [0, 0.1) is 0 Å². The van der Waals surface area contributed by atoms with Crippen LogP contribution < -0.4 is 10.0 Å². The first-order valence-electron chi connectivity index (χ1n) is 8.15. The molecule has 2 aromatic carbocycles. The molecular formula is C18H19F3N2O4S. The summed E-state index contributed by atoms with van der Waals surface area (Å²) in [4.78, 5) is 11.0. The van der Waals surface area contributed by atoms with Gasteiger partial charge in [-0.2, -0.15) is 13.2 Å². The summed E-state index contributed by atoms with van der Waals surface area (Å²) in [5.41, 5.74) is 1.66. The number of amides is 1. The lowest BCUT2D eigenvalue weighted by Gasteiger charge is -2.10. The van der Waals surface area contributed by atoms with Crippen molar-refractivity contribution in [1.29, 1.82) is 0 Å². The van der Waals surface area contributed by atoms with Gasteiger partial charge in [0.05, 0.1) is 11.5 Å². The fraction of sp³-hybridized carbons (Fsp3) is 0.278. The third-order valence-corrected chi connectivity index (χ3v) is 4.93. The second-order valence-corrected chi connectivity index (χ2v) is 7.72. The maximum atomic E-state index is 12.3. The molecule has 152 valence electrons. The molecule has 0 aliphatic heterocycles. The van der Waals surface area contributed by atoms with Gasteiger partial charge in [-0.05, 0) is 35.4 Å². The molecule has 10 heteroatoms. The lowest BCUT2D eigenvalue weighted by Crippen LogP contribution is -2.23. The van der Waals surface area contributed by atoms with E-state index in [0.717, 1.165) is 0 Å². The molecule has 28 heavy (non-hydrogen) atoms. The topological polar surface area (TPSA) is 84.5 Å². The van der Waals surface area contributed by atoms with Gasteiger partial charge < -0.3 is 10.1 Å². The molecule has 0 radical (unpaired) electrons. The number of sulfonamides is 1. The van der Waals surface area contributed by atoms with Crippen molar-refractivity contribution in [3.63, 3.8) is 0 Å². The zero-order valence-corrected chi connectivity index (χ0v) is 15.7. The van der Waals surface area contributed by atoms with Gasteiger partial charge in [0, 0.05) is 19.2 Å². The Morgan fingerprint density at radius 3 is 2.11 bits per heavy atom. The van der Waals surface area contributed by atoms with E-state index in [1.807, 2.05) is 0 Å². The Labute approximate surface area is 160 Å². The van der Waals surface area contributed by atoms with Crippen LogP contribution in [0.15, 0.2) is 53.4 Å². The third-order valence-electron chi connectivity index (χ3n) is 3.51. The minimum absolute atomic E-state index is 0.0134. The first-order valence-corrected chi connectivity index (χ1v) is 9.63. The zero-order valence-electron chi connectivity index (χ0n) is 14.9. The van der Waals surface area contributed by atoms with Crippen molar-refractivity contribution in [2.75, 3.05) is 11.9 Å². The molecule has 0 aliphatic rings. The molecule has 2 rings (SSSR count). The van der Waals surface area contributed by atoms with E-state index >= 15 is 0 Å². The number of alkyl halides is 3. The van der Waals surface area contributed by atoms with Crippen LogP contribution in [0.3, 0.4) is 0 Å². The summed E-state index contributed by atoms with van der Waals surface area (Å²) in [6, 6.07) is 12.1. The monoisotopic (exact) mass is 416 g/mol. The number of hydrogen-bond donors (Lipinski definition) is 2. The van der Waals surface area contributed by atoms with Crippen molar-refractivity contribution in [2.24, 2.45) is 0 Å². The Hall–Kier alpha value is -2.43. The maximum Gasteiger partial charge on any atom is 0.411 e. The van der Waals surface area contributed by atoms with Gasteiger partial charge in [-0.1, -0.05) is 24.3 Å². The first kappa shape index (κ1) is 21.9. The smallest absolute Gasteiger partial charge is 0.367 e. The van der Waals surface area contributed by atoms with E-state index in [0.29, 0.717) is 16.8 Å². The van der Waals surface area contributed by atoms with Crippen molar-refractivity contribution >= 4 is 21.6 Å². The van der Waals surface area contributed by atoms with Crippen molar-refractivity contribution < 1.29 is 31.1 Å². The van der Waals surface area contributed by atoms with E-state index in [9.17, 15) is 26.4 Å². The van der Waals surface area contributed by atoms with Crippen LogP contribution in [-0.4, -0.2) is 27.1 Å². The average molecular weight is 416 g/mol. The van der Waals surface area contributed by atoms with Gasteiger partial charge in [-0.15, -0.1) is 0 Å². The molecule has 2 N–H and O–H groups in total. The van der Waals surface area contributed by atoms with Gasteiger partial charge in [0.2, 0.25) is 15.9 Å². The largest absolute Gasteiger partial charge is 0.411 e. The number of benzene rings is 2. The third kappa shape index (κ3) is 7.29. The molecule has 0 atom stereocenters. The SMILES string of the molecule is CC(=O)Nc1ccc(S(=O)(=O)NCc2ccc(COCC(F)(F)F)cc2)cc1. The number of rotatable bonds is 8. The van der Waals surface area contributed by atoms with Crippen LogP contribution in [0.1, 0.15) is 18.1 Å². The highest BCUT2D eigenvalue weighted by Gasteiger charge is 2.27. The van der Waals surface area contributed by atoms with Gasteiger partial charge in [0.1, 0.15) is 6.61 Å². The Bertz CT molecular complexity index is 896. The standard InChI is InChI=1S/C18H19F3N2O4S/c1-13(24)23-16-6-8-17(9-7-16)28(25,26)22-10-14-2-4-15(5-3-14)11-27-12-18(19,20)21/h2-9,22H,10-12H2,1H3,(H,23,24). The number of halogens is 3. The molecular weight excluding hydrogens is 397 g/mol. The van der Waals surface area contributed by atoms with Gasteiger partial charge in [-0.25, -0.2) is 13.1 Å². The molecule has 0 aliphatic carbocycles.